The molecule has 0 aliphatic carbocycles. The number of fused-ring (bicyclic) bond motifs is 2. The van der Waals surface area contributed by atoms with Crippen LogP contribution in [0.3, 0.4) is 0 Å². The Kier molecular flexibility index (Phi) is 2.04. The molecule has 1 aromatic heterocycles. The van der Waals surface area contributed by atoms with E-state index in [4.69, 9.17) is 0 Å². The summed E-state index contributed by atoms with van der Waals surface area (Å²) >= 11 is 1.76. The van der Waals surface area contributed by atoms with E-state index in [1.807, 2.05) is 35.4 Å². The molecule has 2 aliphatic rings. The molecule has 0 amide bonds. The van der Waals surface area contributed by atoms with Crippen LogP contribution >= 0.6 is 11.3 Å². The predicted molar refractivity (Wildman–Crippen MR) is 75.6 cm³/mol. The zero-order valence-corrected chi connectivity index (χ0v) is 10.4. The lowest BCUT2D eigenvalue weighted by molar-refractivity contribution is 0.591. The van der Waals surface area contributed by atoms with Gasteiger partial charge < -0.3 is 4.90 Å². The summed E-state index contributed by atoms with van der Waals surface area (Å²) < 4.78 is 1.28. The maximum atomic E-state index is 4.61. The Balaban J connectivity index is 1.74. The predicted octanol–water partition coefficient (Wildman–Crippen LogP) is 3.18. The highest BCUT2D eigenvalue weighted by Crippen LogP contribution is 2.34. The summed E-state index contributed by atoms with van der Waals surface area (Å²) in [4.78, 5) is 2.14. The molecule has 0 atom stereocenters. The molecule has 87 valence electrons. The molecule has 0 unspecified atom stereocenters. The molecule has 0 saturated heterocycles. The molecular weight excluding hydrogens is 242 g/mol. The second kappa shape index (κ2) is 3.71. The van der Waals surface area contributed by atoms with E-state index < -0.39 is 0 Å². The van der Waals surface area contributed by atoms with Crippen molar-refractivity contribution in [2.45, 2.75) is 0 Å². The van der Waals surface area contributed by atoms with Gasteiger partial charge in [-0.1, -0.05) is 12.1 Å². The fourth-order valence-electron chi connectivity index (χ4n) is 2.13. The Hall–Kier alpha value is -2.07. The molecule has 0 N–H and O–H groups in total. The van der Waals surface area contributed by atoms with Crippen molar-refractivity contribution in [1.29, 1.82) is 0 Å². The van der Waals surface area contributed by atoms with Crippen LogP contribution in [0, 0.1) is 6.07 Å². The second-order valence-corrected chi connectivity index (χ2v) is 5.28. The summed E-state index contributed by atoms with van der Waals surface area (Å²) in [5.41, 5.74) is 0. The van der Waals surface area contributed by atoms with Crippen LogP contribution in [0.25, 0.3) is 10.1 Å². The minimum absolute atomic E-state index is 0.784. The fourth-order valence-corrected chi connectivity index (χ4v) is 3.12. The minimum Gasteiger partial charge on any atom is -0.311 e. The van der Waals surface area contributed by atoms with Crippen molar-refractivity contribution in [1.82, 2.24) is 4.90 Å². The summed E-state index contributed by atoms with van der Waals surface area (Å²) in [6, 6.07) is 11.4. The van der Waals surface area contributed by atoms with Gasteiger partial charge in [-0.25, -0.2) is 5.01 Å². The van der Waals surface area contributed by atoms with E-state index in [1.165, 1.54) is 15.1 Å². The van der Waals surface area contributed by atoms with Gasteiger partial charge in [0, 0.05) is 10.9 Å². The lowest BCUT2D eigenvalue weighted by atomic mass is 10.3. The molecule has 0 fully saturated rings. The Morgan fingerprint density at radius 3 is 3.22 bits per heavy atom. The first kappa shape index (κ1) is 9.91. The Morgan fingerprint density at radius 1 is 1.33 bits per heavy atom. The van der Waals surface area contributed by atoms with Gasteiger partial charge in [-0.05, 0) is 41.8 Å². The molecule has 0 bridgehead atoms. The molecule has 3 heterocycles. The van der Waals surface area contributed by atoms with Crippen molar-refractivity contribution in [3.63, 3.8) is 0 Å². The first-order chi connectivity index (χ1) is 8.90. The molecule has 4 heteroatoms. The molecular formula is C14H10N3S. The molecule has 0 saturated carbocycles. The third-order valence-electron chi connectivity index (χ3n) is 3.03. The number of hydrazone groups is 1. The lowest BCUT2D eigenvalue weighted by Gasteiger charge is -2.16. The van der Waals surface area contributed by atoms with Crippen molar-refractivity contribution in [3.05, 3.63) is 54.8 Å². The van der Waals surface area contributed by atoms with Crippen LogP contribution in [0.2, 0.25) is 0 Å². The third-order valence-corrected chi connectivity index (χ3v) is 4.16. The Morgan fingerprint density at radius 2 is 2.33 bits per heavy atom. The number of thiophene rings is 1. The van der Waals surface area contributed by atoms with Crippen molar-refractivity contribution >= 4 is 32.3 Å². The van der Waals surface area contributed by atoms with Gasteiger partial charge in [0.15, 0.2) is 5.84 Å². The van der Waals surface area contributed by atoms with Gasteiger partial charge in [0.2, 0.25) is 0 Å². The topological polar surface area (TPSA) is 18.8 Å². The molecule has 4 rings (SSSR count). The monoisotopic (exact) mass is 252 g/mol. The summed E-state index contributed by atoms with van der Waals surface area (Å²) in [6.07, 6.45) is 8.13. The average molecular weight is 252 g/mol. The van der Waals surface area contributed by atoms with Gasteiger partial charge in [0.1, 0.15) is 11.7 Å². The van der Waals surface area contributed by atoms with Gasteiger partial charge in [0.05, 0.1) is 0 Å². The maximum Gasteiger partial charge on any atom is 0.154 e. The average Bonchev–Trinajstić information content (AvgIpc) is 3.02. The third kappa shape index (κ3) is 1.46. The number of allylic oxidation sites excluding steroid dienone is 2. The van der Waals surface area contributed by atoms with E-state index in [9.17, 15) is 0 Å². The van der Waals surface area contributed by atoms with E-state index >= 15 is 0 Å². The van der Waals surface area contributed by atoms with Gasteiger partial charge >= 0.3 is 0 Å². The van der Waals surface area contributed by atoms with Gasteiger partial charge in [-0.15, -0.1) is 11.3 Å². The summed E-state index contributed by atoms with van der Waals surface area (Å²) in [7, 11) is 0. The highest BCUT2D eigenvalue weighted by molar-refractivity contribution is 7.22. The number of anilines is 1. The summed E-state index contributed by atoms with van der Waals surface area (Å²) in [5.74, 6) is 1.00. The number of hydrogen-bond donors (Lipinski definition) is 0. The van der Waals surface area contributed by atoms with Crippen LogP contribution in [-0.4, -0.2) is 17.4 Å². The van der Waals surface area contributed by atoms with Crippen LogP contribution < -0.4 is 5.01 Å². The number of rotatable bonds is 1. The largest absolute Gasteiger partial charge is 0.311 e. The quantitative estimate of drug-likeness (QED) is 0.776. The van der Waals surface area contributed by atoms with E-state index in [1.54, 1.807) is 11.3 Å². The van der Waals surface area contributed by atoms with Crippen LogP contribution in [0.4, 0.5) is 5.00 Å². The van der Waals surface area contributed by atoms with Crippen LogP contribution in [0.15, 0.2) is 53.8 Å². The van der Waals surface area contributed by atoms with Crippen molar-refractivity contribution in [3.8, 4) is 0 Å². The summed E-state index contributed by atoms with van der Waals surface area (Å²) in [6.45, 7) is 0.784. The molecule has 3 nitrogen and oxygen atoms in total. The molecule has 0 spiro atoms. The molecule has 1 radical (unpaired) electrons. The Bertz CT molecular complexity index is 663. The van der Waals surface area contributed by atoms with Crippen LogP contribution in [-0.2, 0) is 0 Å². The standard InChI is InChI=1S/C14H10N3S/c1-2-6-12-11(5-1)9-14(18-12)17-10-16-8-4-3-7-13(16)15-17/h2-9H,10H2. The number of benzene rings is 1. The SMILES string of the molecule is [c]1ccc2sc(N3CN4C=CC=CC4=N3)cc2c1. The van der Waals surface area contributed by atoms with E-state index in [0.29, 0.717) is 0 Å². The maximum absolute atomic E-state index is 4.61. The van der Waals surface area contributed by atoms with Gasteiger partial charge in [-0.2, -0.15) is 5.10 Å². The fraction of sp³-hybridized carbons (Fsp3) is 0.0714. The van der Waals surface area contributed by atoms with E-state index in [0.717, 1.165) is 12.5 Å². The minimum atomic E-state index is 0.784. The van der Waals surface area contributed by atoms with Crippen molar-refractivity contribution in [2.75, 3.05) is 11.7 Å². The number of amidine groups is 1. The van der Waals surface area contributed by atoms with Gasteiger partial charge in [-0.3, -0.25) is 0 Å². The smallest absolute Gasteiger partial charge is 0.154 e. The molecule has 2 aromatic rings. The zero-order valence-electron chi connectivity index (χ0n) is 9.58. The first-order valence-electron chi connectivity index (χ1n) is 5.77. The van der Waals surface area contributed by atoms with E-state index in [2.05, 4.69) is 34.4 Å². The van der Waals surface area contributed by atoms with Gasteiger partial charge in [0.25, 0.3) is 0 Å². The first-order valence-corrected chi connectivity index (χ1v) is 6.59. The van der Waals surface area contributed by atoms with E-state index in [-0.39, 0.29) is 0 Å². The number of nitrogens with zero attached hydrogens (tertiary/aromatic N) is 3. The lowest BCUT2D eigenvalue weighted by Crippen LogP contribution is -2.25. The highest BCUT2D eigenvalue weighted by atomic mass is 32.1. The molecule has 18 heavy (non-hydrogen) atoms. The normalized spacial score (nSPS) is 17.4. The zero-order chi connectivity index (χ0) is 11.9. The van der Waals surface area contributed by atoms with Crippen molar-refractivity contribution < 1.29 is 0 Å². The molecule has 1 aromatic carbocycles. The second-order valence-electron chi connectivity index (χ2n) is 4.22. The highest BCUT2D eigenvalue weighted by Gasteiger charge is 2.22. The Labute approximate surface area is 109 Å². The molecule has 2 aliphatic heterocycles. The van der Waals surface area contributed by atoms with Crippen molar-refractivity contribution in [2.24, 2.45) is 5.10 Å². The summed E-state index contributed by atoms with van der Waals surface area (Å²) in [5, 5.41) is 9.06. The van der Waals surface area contributed by atoms with Crippen LogP contribution in [0.1, 0.15) is 0 Å². The van der Waals surface area contributed by atoms with Crippen LogP contribution in [0.5, 0.6) is 0 Å². The number of hydrogen-bond acceptors (Lipinski definition) is 4.